The summed E-state index contributed by atoms with van der Waals surface area (Å²) in [5.74, 6) is 0.796. The molecule has 0 amide bonds. The lowest BCUT2D eigenvalue weighted by Gasteiger charge is -2.33. The third-order valence-electron chi connectivity index (χ3n) is 3.28. The molecule has 0 radical (unpaired) electrons. The van der Waals surface area contributed by atoms with E-state index in [9.17, 15) is 5.11 Å². The molecule has 3 nitrogen and oxygen atoms in total. The first-order chi connectivity index (χ1) is 7.58. The second kappa shape index (κ2) is 7.25. The van der Waals surface area contributed by atoms with Crippen LogP contribution in [0, 0.1) is 5.92 Å². The molecule has 1 aliphatic heterocycles. The summed E-state index contributed by atoms with van der Waals surface area (Å²) in [5.41, 5.74) is 0. The summed E-state index contributed by atoms with van der Waals surface area (Å²) in [5, 5.41) is 12.8. The standard InChI is InChI=1S/C13H28N2O/c1-11(2)14-9-13-5-4-7-15(10-13)8-6-12(3)16/h11-14,16H,4-10H2,1-3H3. The van der Waals surface area contributed by atoms with Crippen LogP contribution in [0.5, 0.6) is 0 Å². The number of aliphatic hydroxyl groups is 1. The molecule has 0 aliphatic carbocycles. The molecular weight excluding hydrogens is 200 g/mol. The lowest BCUT2D eigenvalue weighted by atomic mass is 9.97. The molecule has 0 aromatic rings. The highest BCUT2D eigenvalue weighted by atomic mass is 16.3. The molecule has 1 aliphatic rings. The first kappa shape index (κ1) is 13.9. The zero-order valence-electron chi connectivity index (χ0n) is 11.1. The fraction of sp³-hybridized carbons (Fsp3) is 1.00. The second-order valence-corrected chi connectivity index (χ2v) is 5.51. The van der Waals surface area contributed by atoms with Crippen molar-refractivity contribution in [1.29, 1.82) is 0 Å². The Hall–Kier alpha value is -0.120. The highest BCUT2D eigenvalue weighted by Crippen LogP contribution is 2.16. The van der Waals surface area contributed by atoms with Crippen molar-refractivity contribution < 1.29 is 5.11 Å². The summed E-state index contributed by atoms with van der Waals surface area (Å²) in [6.45, 7) is 10.9. The average Bonchev–Trinajstić information content (AvgIpc) is 2.24. The minimum Gasteiger partial charge on any atom is -0.393 e. The van der Waals surface area contributed by atoms with Gasteiger partial charge in [0.1, 0.15) is 0 Å². The van der Waals surface area contributed by atoms with E-state index in [0.717, 1.165) is 25.4 Å². The maximum Gasteiger partial charge on any atom is 0.0524 e. The van der Waals surface area contributed by atoms with Gasteiger partial charge in [0.15, 0.2) is 0 Å². The van der Waals surface area contributed by atoms with Crippen molar-refractivity contribution in [3.8, 4) is 0 Å². The first-order valence-corrected chi connectivity index (χ1v) is 6.71. The molecule has 1 heterocycles. The van der Waals surface area contributed by atoms with Crippen molar-refractivity contribution in [3.63, 3.8) is 0 Å². The number of aliphatic hydroxyl groups excluding tert-OH is 1. The molecular formula is C13H28N2O. The van der Waals surface area contributed by atoms with Gasteiger partial charge in [-0.05, 0) is 45.2 Å². The average molecular weight is 228 g/mol. The van der Waals surface area contributed by atoms with Crippen molar-refractivity contribution in [2.75, 3.05) is 26.2 Å². The van der Waals surface area contributed by atoms with Crippen LogP contribution in [-0.4, -0.2) is 48.3 Å². The van der Waals surface area contributed by atoms with Crippen molar-refractivity contribution in [2.24, 2.45) is 5.92 Å². The topological polar surface area (TPSA) is 35.5 Å². The Bertz CT molecular complexity index is 165. The SMILES string of the molecule is CC(O)CCN1CCCC(CNC(C)C)C1. The van der Waals surface area contributed by atoms with E-state index < -0.39 is 0 Å². The van der Waals surface area contributed by atoms with Crippen molar-refractivity contribution in [1.82, 2.24) is 10.2 Å². The van der Waals surface area contributed by atoms with Gasteiger partial charge >= 0.3 is 0 Å². The van der Waals surface area contributed by atoms with E-state index in [-0.39, 0.29) is 6.10 Å². The molecule has 0 saturated carbocycles. The minimum absolute atomic E-state index is 0.158. The smallest absolute Gasteiger partial charge is 0.0524 e. The molecule has 96 valence electrons. The molecule has 1 rings (SSSR count). The Balaban J connectivity index is 2.19. The summed E-state index contributed by atoms with van der Waals surface area (Å²) in [4.78, 5) is 2.50. The molecule has 0 aromatic heterocycles. The molecule has 2 unspecified atom stereocenters. The quantitative estimate of drug-likeness (QED) is 0.722. The monoisotopic (exact) mass is 228 g/mol. The predicted molar refractivity (Wildman–Crippen MR) is 68.6 cm³/mol. The number of rotatable bonds is 6. The van der Waals surface area contributed by atoms with Crippen molar-refractivity contribution in [3.05, 3.63) is 0 Å². The summed E-state index contributed by atoms with van der Waals surface area (Å²) in [7, 11) is 0. The summed E-state index contributed by atoms with van der Waals surface area (Å²) >= 11 is 0. The van der Waals surface area contributed by atoms with Crippen LogP contribution >= 0.6 is 0 Å². The van der Waals surface area contributed by atoms with Crippen LogP contribution in [0.1, 0.15) is 40.0 Å². The molecule has 3 heteroatoms. The molecule has 0 aromatic carbocycles. The zero-order valence-corrected chi connectivity index (χ0v) is 11.1. The van der Waals surface area contributed by atoms with Crippen molar-refractivity contribution >= 4 is 0 Å². The molecule has 0 spiro atoms. The van der Waals surface area contributed by atoms with Crippen LogP contribution in [-0.2, 0) is 0 Å². The molecule has 16 heavy (non-hydrogen) atoms. The Kier molecular flexibility index (Phi) is 6.32. The van der Waals surface area contributed by atoms with E-state index in [2.05, 4.69) is 24.1 Å². The van der Waals surface area contributed by atoms with Crippen LogP contribution in [0.3, 0.4) is 0 Å². The molecule has 1 saturated heterocycles. The third kappa shape index (κ3) is 5.83. The zero-order chi connectivity index (χ0) is 12.0. The summed E-state index contributed by atoms with van der Waals surface area (Å²) in [6, 6.07) is 0.591. The van der Waals surface area contributed by atoms with Crippen LogP contribution < -0.4 is 5.32 Å². The minimum atomic E-state index is -0.158. The summed E-state index contributed by atoms with van der Waals surface area (Å²) in [6.07, 6.45) is 3.41. The summed E-state index contributed by atoms with van der Waals surface area (Å²) < 4.78 is 0. The first-order valence-electron chi connectivity index (χ1n) is 6.71. The van der Waals surface area contributed by atoms with Crippen LogP contribution in [0.2, 0.25) is 0 Å². The van der Waals surface area contributed by atoms with E-state index in [0.29, 0.717) is 6.04 Å². The van der Waals surface area contributed by atoms with Gasteiger partial charge in [-0.2, -0.15) is 0 Å². The fourth-order valence-electron chi connectivity index (χ4n) is 2.29. The largest absolute Gasteiger partial charge is 0.393 e. The maximum atomic E-state index is 9.29. The molecule has 2 atom stereocenters. The number of hydrogen-bond acceptors (Lipinski definition) is 3. The van der Waals surface area contributed by atoms with Gasteiger partial charge in [0, 0.05) is 19.1 Å². The number of nitrogens with zero attached hydrogens (tertiary/aromatic N) is 1. The van der Waals surface area contributed by atoms with Gasteiger partial charge in [-0.1, -0.05) is 13.8 Å². The fourth-order valence-corrected chi connectivity index (χ4v) is 2.29. The second-order valence-electron chi connectivity index (χ2n) is 5.51. The van der Waals surface area contributed by atoms with Crippen LogP contribution in [0.25, 0.3) is 0 Å². The van der Waals surface area contributed by atoms with Crippen molar-refractivity contribution in [2.45, 2.75) is 52.2 Å². The lowest BCUT2D eigenvalue weighted by molar-refractivity contribution is 0.127. The maximum absolute atomic E-state index is 9.29. The normalized spacial score (nSPS) is 24.9. The number of hydrogen-bond donors (Lipinski definition) is 2. The Labute approximate surface area is 100 Å². The Morgan fingerprint density at radius 2 is 2.12 bits per heavy atom. The van der Waals surface area contributed by atoms with Gasteiger partial charge in [-0.25, -0.2) is 0 Å². The van der Waals surface area contributed by atoms with Crippen LogP contribution in [0.4, 0.5) is 0 Å². The van der Waals surface area contributed by atoms with Gasteiger partial charge < -0.3 is 15.3 Å². The van der Waals surface area contributed by atoms with E-state index in [1.54, 1.807) is 0 Å². The van der Waals surface area contributed by atoms with Crippen LogP contribution in [0.15, 0.2) is 0 Å². The number of piperidine rings is 1. The number of nitrogens with one attached hydrogen (secondary N) is 1. The highest BCUT2D eigenvalue weighted by Gasteiger charge is 2.19. The molecule has 0 bridgehead atoms. The Morgan fingerprint density at radius 3 is 2.75 bits per heavy atom. The lowest BCUT2D eigenvalue weighted by Crippen LogP contribution is -2.41. The van der Waals surface area contributed by atoms with E-state index >= 15 is 0 Å². The van der Waals surface area contributed by atoms with Gasteiger partial charge in [-0.15, -0.1) is 0 Å². The third-order valence-corrected chi connectivity index (χ3v) is 3.28. The van der Waals surface area contributed by atoms with E-state index in [1.165, 1.54) is 25.9 Å². The predicted octanol–water partition coefficient (Wildman–Crippen LogP) is 1.47. The van der Waals surface area contributed by atoms with E-state index in [4.69, 9.17) is 0 Å². The van der Waals surface area contributed by atoms with E-state index in [1.807, 2.05) is 6.92 Å². The number of likely N-dealkylation sites (tertiary alicyclic amines) is 1. The highest BCUT2D eigenvalue weighted by molar-refractivity contribution is 4.75. The molecule has 1 fully saturated rings. The van der Waals surface area contributed by atoms with Gasteiger partial charge in [0.05, 0.1) is 6.10 Å². The Morgan fingerprint density at radius 1 is 1.38 bits per heavy atom. The van der Waals surface area contributed by atoms with Gasteiger partial charge in [0.2, 0.25) is 0 Å². The molecule has 2 N–H and O–H groups in total. The van der Waals surface area contributed by atoms with Gasteiger partial charge in [0.25, 0.3) is 0 Å². The van der Waals surface area contributed by atoms with Gasteiger partial charge in [-0.3, -0.25) is 0 Å².